The monoisotopic (exact) mass is 316 g/mol. The van der Waals surface area contributed by atoms with Crippen LogP contribution in [-0.4, -0.2) is 54.7 Å². The fourth-order valence-electron chi connectivity index (χ4n) is 4.07. The molecule has 0 spiro atoms. The van der Waals surface area contributed by atoms with E-state index in [1.54, 1.807) is 0 Å². The molecule has 1 atom stereocenters. The lowest BCUT2D eigenvalue weighted by atomic mass is 9.89. The summed E-state index contributed by atoms with van der Waals surface area (Å²) in [7, 11) is 4.42. The molecule has 1 fully saturated rings. The second-order valence-electron chi connectivity index (χ2n) is 7.55. The third-order valence-electron chi connectivity index (χ3n) is 5.82. The Kier molecular flexibility index (Phi) is 5.73. The number of nitrogens with zero attached hydrogens (tertiary/aromatic N) is 2. The summed E-state index contributed by atoms with van der Waals surface area (Å²) in [5.41, 5.74) is 4.08. The van der Waals surface area contributed by atoms with Gasteiger partial charge in [-0.3, -0.25) is 0 Å². The largest absolute Gasteiger partial charge is 0.388 e. The SMILES string of the molecule is CN1CCC(N(C)CCC(O)c2ccc3c(c2)CCCC3)CC1. The van der Waals surface area contributed by atoms with Crippen LogP contribution in [0.4, 0.5) is 0 Å². The fourth-order valence-corrected chi connectivity index (χ4v) is 4.07. The van der Waals surface area contributed by atoms with Crippen LogP contribution in [0.2, 0.25) is 0 Å². The molecule has 0 radical (unpaired) electrons. The van der Waals surface area contributed by atoms with Gasteiger partial charge < -0.3 is 14.9 Å². The Bertz CT molecular complexity index is 508. The summed E-state index contributed by atoms with van der Waals surface area (Å²) in [6.07, 6.45) is 8.03. The van der Waals surface area contributed by atoms with E-state index in [1.807, 2.05) is 0 Å². The Morgan fingerprint density at radius 3 is 2.61 bits per heavy atom. The molecule has 3 rings (SSSR count). The molecule has 3 nitrogen and oxygen atoms in total. The Morgan fingerprint density at radius 1 is 1.17 bits per heavy atom. The van der Waals surface area contributed by atoms with E-state index in [-0.39, 0.29) is 6.10 Å². The van der Waals surface area contributed by atoms with Gasteiger partial charge in [-0.1, -0.05) is 18.2 Å². The van der Waals surface area contributed by atoms with Crippen LogP contribution in [0.1, 0.15) is 54.9 Å². The van der Waals surface area contributed by atoms with Crippen molar-refractivity contribution in [2.24, 2.45) is 0 Å². The number of aliphatic hydroxyl groups is 1. The van der Waals surface area contributed by atoms with Gasteiger partial charge in [0, 0.05) is 12.6 Å². The highest BCUT2D eigenvalue weighted by Crippen LogP contribution is 2.26. The number of aliphatic hydroxyl groups excluding tert-OH is 1. The first-order valence-corrected chi connectivity index (χ1v) is 9.32. The standard InChI is InChI=1S/C20H32N2O/c1-21-12-9-19(10-13-21)22(2)14-11-20(23)18-8-7-16-5-3-4-6-17(16)15-18/h7-8,15,19-20,23H,3-6,9-14H2,1-2H3. The summed E-state index contributed by atoms with van der Waals surface area (Å²) in [5, 5.41) is 10.6. The molecule has 2 aliphatic rings. The van der Waals surface area contributed by atoms with E-state index >= 15 is 0 Å². The van der Waals surface area contributed by atoms with Crippen molar-refractivity contribution in [2.75, 3.05) is 33.7 Å². The molecule has 1 heterocycles. The first kappa shape index (κ1) is 16.9. The van der Waals surface area contributed by atoms with Crippen molar-refractivity contribution < 1.29 is 5.11 Å². The number of likely N-dealkylation sites (tertiary alicyclic amines) is 1. The van der Waals surface area contributed by atoms with Crippen LogP contribution in [0.25, 0.3) is 0 Å². The van der Waals surface area contributed by atoms with Gasteiger partial charge >= 0.3 is 0 Å². The van der Waals surface area contributed by atoms with Crippen molar-refractivity contribution in [3.63, 3.8) is 0 Å². The van der Waals surface area contributed by atoms with Crippen LogP contribution in [0.5, 0.6) is 0 Å². The Labute approximate surface area is 141 Å². The van der Waals surface area contributed by atoms with Crippen LogP contribution in [0.3, 0.4) is 0 Å². The number of fused-ring (bicyclic) bond motifs is 1. The van der Waals surface area contributed by atoms with Crippen LogP contribution >= 0.6 is 0 Å². The van der Waals surface area contributed by atoms with Gasteiger partial charge in [-0.2, -0.15) is 0 Å². The fraction of sp³-hybridized carbons (Fsp3) is 0.700. The van der Waals surface area contributed by atoms with Crippen LogP contribution in [0.15, 0.2) is 18.2 Å². The minimum absolute atomic E-state index is 0.323. The zero-order valence-corrected chi connectivity index (χ0v) is 14.8. The van der Waals surface area contributed by atoms with Crippen LogP contribution in [0, 0.1) is 0 Å². The van der Waals surface area contributed by atoms with Gasteiger partial charge in [0.2, 0.25) is 0 Å². The molecule has 0 saturated carbocycles. The number of piperidine rings is 1. The van der Waals surface area contributed by atoms with Crippen molar-refractivity contribution in [1.29, 1.82) is 0 Å². The third-order valence-corrected chi connectivity index (χ3v) is 5.82. The normalized spacial score (nSPS) is 21.4. The maximum absolute atomic E-state index is 10.6. The van der Waals surface area contributed by atoms with Gasteiger partial charge in [-0.25, -0.2) is 0 Å². The van der Waals surface area contributed by atoms with Crippen LogP contribution in [-0.2, 0) is 12.8 Å². The predicted octanol–water partition coefficient (Wildman–Crippen LogP) is 3.01. The second-order valence-corrected chi connectivity index (χ2v) is 7.55. The minimum atomic E-state index is -0.323. The number of hydrogen-bond donors (Lipinski definition) is 1. The van der Waals surface area contributed by atoms with E-state index in [0.29, 0.717) is 6.04 Å². The molecule has 1 aliphatic heterocycles. The quantitative estimate of drug-likeness (QED) is 0.904. The van der Waals surface area contributed by atoms with Gasteiger partial charge in [-0.05, 0) is 88.8 Å². The maximum atomic E-state index is 10.6. The molecule has 1 aromatic rings. The average Bonchev–Trinajstić information content (AvgIpc) is 2.59. The Hall–Kier alpha value is -0.900. The molecule has 128 valence electrons. The van der Waals surface area contributed by atoms with Gasteiger partial charge in [0.1, 0.15) is 0 Å². The first-order valence-electron chi connectivity index (χ1n) is 9.32. The Balaban J connectivity index is 1.51. The summed E-state index contributed by atoms with van der Waals surface area (Å²) in [6, 6.07) is 7.33. The number of benzene rings is 1. The van der Waals surface area contributed by atoms with E-state index in [1.165, 1.54) is 62.7 Å². The highest BCUT2D eigenvalue weighted by Gasteiger charge is 2.21. The molecule has 0 bridgehead atoms. The van der Waals surface area contributed by atoms with Crippen molar-refractivity contribution in [3.05, 3.63) is 34.9 Å². The topological polar surface area (TPSA) is 26.7 Å². The van der Waals surface area contributed by atoms with E-state index in [9.17, 15) is 5.11 Å². The van der Waals surface area contributed by atoms with E-state index in [2.05, 4.69) is 42.1 Å². The smallest absolute Gasteiger partial charge is 0.0802 e. The maximum Gasteiger partial charge on any atom is 0.0802 e. The van der Waals surface area contributed by atoms with Crippen molar-refractivity contribution in [3.8, 4) is 0 Å². The lowest BCUT2D eigenvalue weighted by molar-refractivity contribution is 0.110. The molecule has 23 heavy (non-hydrogen) atoms. The summed E-state index contributed by atoms with van der Waals surface area (Å²) in [6.45, 7) is 3.37. The zero-order chi connectivity index (χ0) is 16.2. The first-order chi connectivity index (χ1) is 11.1. The highest BCUT2D eigenvalue weighted by atomic mass is 16.3. The molecular formula is C20H32N2O. The van der Waals surface area contributed by atoms with Crippen molar-refractivity contribution in [1.82, 2.24) is 9.80 Å². The summed E-state index contributed by atoms with van der Waals surface area (Å²) in [5.74, 6) is 0. The summed E-state index contributed by atoms with van der Waals surface area (Å²) < 4.78 is 0. The van der Waals surface area contributed by atoms with E-state index in [4.69, 9.17) is 0 Å². The van der Waals surface area contributed by atoms with Gasteiger partial charge in [0.15, 0.2) is 0 Å². The molecule has 1 N–H and O–H groups in total. The van der Waals surface area contributed by atoms with Crippen LogP contribution < -0.4 is 0 Å². The molecular weight excluding hydrogens is 284 g/mol. The highest BCUT2D eigenvalue weighted by molar-refractivity contribution is 5.34. The average molecular weight is 316 g/mol. The van der Waals surface area contributed by atoms with E-state index < -0.39 is 0 Å². The molecule has 1 unspecified atom stereocenters. The predicted molar refractivity (Wildman–Crippen MR) is 95.8 cm³/mol. The Morgan fingerprint density at radius 2 is 1.87 bits per heavy atom. The molecule has 1 saturated heterocycles. The minimum Gasteiger partial charge on any atom is -0.388 e. The third kappa shape index (κ3) is 4.34. The second kappa shape index (κ2) is 7.78. The molecule has 0 aromatic heterocycles. The number of aryl methyl sites for hydroxylation is 2. The lowest BCUT2D eigenvalue weighted by Gasteiger charge is -2.35. The number of hydrogen-bond acceptors (Lipinski definition) is 3. The van der Waals surface area contributed by atoms with Gasteiger partial charge in [-0.15, -0.1) is 0 Å². The lowest BCUT2D eigenvalue weighted by Crippen LogP contribution is -2.42. The molecule has 0 amide bonds. The zero-order valence-electron chi connectivity index (χ0n) is 14.8. The van der Waals surface area contributed by atoms with Crippen molar-refractivity contribution >= 4 is 0 Å². The van der Waals surface area contributed by atoms with E-state index in [0.717, 1.165) is 18.5 Å². The molecule has 3 heteroatoms. The van der Waals surface area contributed by atoms with Gasteiger partial charge in [0.05, 0.1) is 6.10 Å². The molecule has 1 aromatic carbocycles. The summed E-state index contributed by atoms with van der Waals surface area (Å²) >= 11 is 0. The van der Waals surface area contributed by atoms with Gasteiger partial charge in [0.25, 0.3) is 0 Å². The number of rotatable bonds is 5. The summed E-state index contributed by atoms with van der Waals surface area (Å²) in [4.78, 5) is 4.86. The van der Waals surface area contributed by atoms with Crippen molar-refractivity contribution in [2.45, 2.75) is 57.1 Å². The molecule has 1 aliphatic carbocycles.